The molecular weight excluding hydrogens is 308 g/mol. The molecule has 0 atom stereocenters. The number of aromatic nitrogens is 3. The van der Waals surface area contributed by atoms with Gasteiger partial charge in [-0.2, -0.15) is 5.26 Å². The fourth-order valence-electron chi connectivity index (χ4n) is 1.65. The number of pyridine rings is 1. The number of nitrogens with one attached hydrogen (secondary N) is 2. The van der Waals surface area contributed by atoms with Gasteiger partial charge in [0.2, 0.25) is 0 Å². The Hall–Kier alpha value is -2.92. The quantitative estimate of drug-likeness (QED) is 0.877. The lowest BCUT2D eigenvalue weighted by Crippen LogP contribution is -2.21. The summed E-state index contributed by atoms with van der Waals surface area (Å²) in [4.78, 5) is 16.1. The average molecular weight is 322 g/mol. The number of methoxy groups -OCH3 is 1. The zero-order valence-corrected chi connectivity index (χ0v) is 12.0. The van der Waals surface area contributed by atoms with Crippen molar-refractivity contribution in [2.24, 2.45) is 0 Å². The molecular formula is C13H11ClN6O2. The summed E-state index contributed by atoms with van der Waals surface area (Å²) in [7, 11) is 1.35. The number of nitriles is 1. The van der Waals surface area contributed by atoms with Crippen molar-refractivity contribution in [2.45, 2.75) is 0 Å². The van der Waals surface area contributed by atoms with Crippen molar-refractivity contribution in [1.82, 2.24) is 20.5 Å². The summed E-state index contributed by atoms with van der Waals surface area (Å²) in [6.45, 7) is -2.70. The summed E-state index contributed by atoms with van der Waals surface area (Å²) >= 11 is 5.79. The molecule has 0 aromatic carbocycles. The lowest BCUT2D eigenvalue weighted by molar-refractivity contribution is 0.0958. The van der Waals surface area contributed by atoms with Crippen molar-refractivity contribution >= 4 is 29.0 Å². The minimum Gasteiger partial charge on any atom is -0.492 e. The van der Waals surface area contributed by atoms with Gasteiger partial charge in [0, 0.05) is 23.4 Å². The first-order valence-electron chi connectivity index (χ1n) is 7.31. The summed E-state index contributed by atoms with van der Waals surface area (Å²) in [5.41, 5.74) is -0.0593. The Labute approximate surface area is 135 Å². The monoisotopic (exact) mass is 321 g/mol. The molecule has 0 aliphatic rings. The molecule has 0 saturated heterocycles. The first kappa shape index (κ1) is 11.7. The molecule has 1 amide bonds. The molecule has 2 N–H and O–H groups in total. The van der Waals surface area contributed by atoms with E-state index in [1.54, 1.807) is 5.32 Å². The predicted octanol–water partition coefficient (Wildman–Crippen LogP) is 1.51. The van der Waals surface area contributed by atoms with E-state index in [0.29, 0.717) is 0 Å². The second-order valence-corrected chi connectivity index (χ2v) is 4.25. The first-order valence-corrected chi connectivity index (χ1v) is 6.19. The SMILES string of the molecule is [2H]C([2H])([2H])NC(=O)c1nnc(Cl)cc1Nc1nccc(C#N)c1OC. The van der Waals surface area contributed by atoms with Crippen LogP contribution in [0.2, 0.25) is 5.15 Å². The zero-order valence-electron chi connectivity index (χ0n) is 14.2. The Kier molecular flexibility index (Phi) is 3.56. The van der Waals surface area contributed by atoms with Crippen LogP contribution in [0.25, 0.3) is 0 Å². The summed E-state index contributed by atoms with van der Waals surface area (Å²) < 4.78 is 26.4. The number of hydrogen-bond donors (Lipinski definition) is 2. The fraction of sp³-hybridized carbons (Fsp3) is 0.154. The topological polar surface area (TPSA) is 113 Å². The van der Waals surface area contributed by atoms with Crippen molar-refractivity contribution in [3.8, 4) is 11.8 Å². The molecule has 8 nitrogen and oxygen atoms in total. The van der Waals surface area contributed by atoms with E-state index in [1.807, 2.05) is 6.07 Å². The number of ether oxygens (including phenoxy) is 1. The van der Waals surface area contributed by atoms with Crippen LogP contribution in [-0.4, -0.2) is 35.2 Å². The van der Waals surface area contributed by atoms with Crippen LogP contribution in [0.4, 0.5) is 11.5 Å². The van der Waals surface area contributed by atoms with E-state index in [4.69, 9.17) is 25.7 Å². The lowest BCUT2D eigenvalue weighted by Gasteiger charge is -2.13. The molecule has 0 saturated carbocycles. The maximum absolute atomic E-state index is 12.1. The highest BCUT2D eigenvalue weighted by Crippen LogP contribution is 2.30. The first-order chi connectivity index (χ1) is 11.7. The number of anilines is 2. The van der Waals surface area contributed by atoms with Crippen LogP contribution in [0, 0.1) is 11.3 Å². The zero-order chi connectivity index (χ0) is 18.6. The maximum Gasteiger partial charge on any atom is 0.273 e. The van der Waals surface area contributed by atoms with E-state index in [0.717, 1.165) is 0 Å². The number of nitrogens with zero attached hydrogens (tertiary/aromatic N) is 4. The molecule has 2 aromatic rings. The number of halogens is 1. The van der Waals surface area contributed by atoms with Gasteiger partial charge in [0.25, 0.3) is 5.91 Å². The summed E-state index contributed by atoms with van der Waals surface area (Å²) in [6, 6.07) is 4.66. The van der Waals surface area contributed by atoms with E-state index >= 15 is 0 Å². The summed E-state index contributed by atoms with van der Waals surface area (Å²) in [5, 5.41) is 20.8. The van der Waals surface area contributed by atoms with E-state index in [1.165, 1.54) is 25.4 Å². The smallest absolute Gasteiger partial charge is 0.273 e. The number of carbonyl (C=O) groups excluding carboxylic acids is 1. The molecule has 2 aromatic heterocycles. The van der Waals surface area contributed by atoms with Gasteiger partial charge in [-0.15, -0.1) is 10.2 Å². The molecule has 22 heavy (non-hydrogen) atoms. The van der Waals surface area contributed by atoms with Crippen LogP contribution in [-0.2, 0) is 0 Å². The molecule has 112 valence electrons. The Bertz CT molecular complexity index is 853. The van der Waals surface area contributed by atoms with Crippen LogP contribution in [0.5, 0.6) is 5.75 Å². The number of amides is 1. The maximum atomic E-state index is 12.1. The van der Waals surface area contributed by atoms with Crippen LogP contribution in [0.1, 0.15) is 20.2 Å². The Morgan fingerprint density at radius 3 is 3.05 bits per heavy atom. The molecule has 0 radical (unpaired) electrons. The fourth-order valence-corrected chi connectivity index (χ4v) is 1.80. The van der Waals surface area contributed by atoms with Crippen LogP contribution in [0.3, 0.4) is 0 Å². The molecule has 9 heteroatoms. The van der Waals surface area contributed by atoms with Gasteiger partial charge in [-0.05, 0) is 6.07 Å². The van der Waals surface area contributed by atoms with Gasteiger partial charge in [0.1, 0.15) is 6.07 Å². The number of hydrogen-bond acceptors (Lipinski definition) is 7. The van der Waals surface area contributed by atoms with Crippen molar-refractivity contribution in [3.05, 3.63) is 34.7 Å². The molecule has 0 aliphatic carbocycles. The number of rotatable bonds is 4. The molecule has 0 unspecified atom stereocenters. The molecule has 0 spiro atoms. The highest BCUT2D eigenvalue weighted by molar-refractivity contribution is 6.29. The van der Waals surface area contributed by atoms with E-state index in [-0.39, 0.29) is 33.7 Å². The van der Waals surface area contributed by atoms with Crippen LogP contribution >= 0.6 is 11.6 Å². The molecule has 0 aliphatic heterocycles. The van der Waals surface area contributed by atoms with Crippen LogP contribution in [0.15, 0.2) is 18.3 Å². The normalized spacial score (nSPS) is 12.3. The standard InChI is InChI=1S/C13H11ClN6O2/c1-16-13(21)10-8(5-9(14)19-20-10)18-12-11(22-2)7(6-15)3-4-17-12/h3-5H,1-2H3,(H,16,21)(H,17,18,19)/i1D3. The van der Waals surface area contributed by atoms with Gasteiger partial charge in [-0.25, -0.2) is 4.98 Å². The Morgan fingerprint density at radius 2 is 2.36 bits per heavy atom. The molecule has 0 fully saturated rings. The summed E-state index contributed by atoms with van der Waals surface area (Å²) in [5.74, 6) is -0.726. The van der Waals surface area contributed by atoms with Gasteiger partial charge >= 0.3 is 0 Å². The van der Waals surface area contributed by atoms with E-state index < -0.39 is 12.9 Å². The van der Waals surface area contributed by atoms with E-state index in [9.17, 15) is 4.79 Å². The number of carbonyl (C=O) groups is 1. The molecule has 2 rings (SSSR count). The van der Waals surface area contributed by atoms with Crippen molar-refractivity contribution < 1.29 is 13.6 Å². The van der Waals surface area contributed by atoms with Gasteiger partial charge in [-0.3, -0.25) is 4.79 Å². The van der Waals surface area contributed by atoms with Crippen molar-refractivity contribution in [2.75, 3.05) is 19.4 Å². The third-order valence-corrected chi connectivity index (χ3v) is 2.76. The third kappa shape index (κ3) is 3.05. The second kappa shape index (κ2) is 6.69. The molecule has 0 bridgehead atoms. The predicted molar refractivity (Wildman–Crippen MR) is 79.2 cm³/mol. The Morgan fingerprint density at radius 1 is 1.55 bits per heavy atom. The molecule has 2 heterocycles. The van der Waals surface area contributed by atoms with Crippen LogP contribution < -0.4 is 15.4 Å². The highest BCUT2D eigenvalue weighted by Gasteiger charge is 2.17. The van der Waals surface area contributed by atoms with Crippen molar-refractivity contribution in [3.63, 3.8) is 0 Å². The third-order valence-electron chi connectivity index (χ3n) is 2.57. The van der Waals surface area contributed by atoms with Gasteiger partial charge in [0.15, 0.2) is 22.4 Å². The lowest BCUT2D eigenvalue weighted by atomic mass is 10.2. The second-order valence-electron chi connectivity index (χ2n) is 3.86. The minimum atomic E-state index is -2.70. The van der Waals surface area contributed by atoms with Gasteiger partial charge in [-0.1, -0.05) is 11.6 Å². The van der Waals surface area contributed by atoms with E-state index in [2.05, 4.69) is 20.5 Å². The van der Waals surface area contributed by atoms with Gasteiger partial charge < -0.3 is 15.4 Å². The largest absolute Gasteiger partial charge is 0.492 e. The summed E-state index contributed by atoms with van der Waals surface area (Å²) in [6.07, 6.45) is 1.36. The average Bonchev–Trinajstić information content (AvgIpc) is 2.53. The minimum absolute atomic E-state index is 0.0386. The van der Waals surface area contributed by atoms with Gasteiger partial charge in [0.05, 0.1) is 18.4 Å². The van der Waals surface area contributed by atoms with Crippen molar-refractivity contribution in [1.29, 1.82) is 5.26 Å². The Balaban J connectivity index is 2.46. The highest BCUT2D eigenvalue weighted by atomic mass is 35.5.